The van der Waals surface area contributed by atoms with Gasteiger partial charge in [-0.1, -0.05) is 17.4 Å². The number of aromatic nitrogens is 2. The SMILES string of the molecule is CS(=O)(=O)Nc1nc2ccc(C(=O)Nc3ccc4cc[nH]c4c3)cc2s1. The zero-order valence-corrected chi connectivity index (χ0v) is 15.2. The number of H-pyrrole nitrogens is 1. The maximum atomic E-state index is 12.5. The van der Waals surface area contributed by atoms with Crippen molar-refractivity contribution < 1.29 is 13.2 Å². The summed E-state index contributed by atoms with van der Waals surface area (Å²) in [6, 6.07) is 12.7. The first-order valence-corrected chi connectivity index (χ1v) is 10.3. The summed E-state index contributed by atoms with van der Waals surface area (Å²) in [6.07, 6.45) is 2.91. The molecule has 26 heavy (non-hydrogen) atoms. The minimum Gasteiger partial charge on any atom is -0.361 e. The van der Waals surface area contributed by atoms with E-state index >= 15 is 0 Å². The number of thiazole rings is 1. The molecule has 0 saturated carbocycles. The summed E-state index contributed by atoms with van der Waals surface area (Å²) in [5, 5.41) is 4.21. The van der Waals surface area contributed by atoms with E-state index < -0.39 is 10.0 Å². The summed E-state index contributed by atoms with van der Waals surface area (Å²) in [5.74, 6) is -0.246. The van der Waals surface area contributed by atoms with E-state index in [1.54, 1.807) is 18.2 Å². The van der Waals surface area contributed by atoms with E-state index in [1.807, 2.05) is 30.5 Å². The Kier molecular flexibility index (Phi) is 3.89. The predicted molar refractivity (Wildman–Crippen MR) is 104 cm³/mol. The Morgan fingerprint density at radius 1 is 1.15 bits per heavy atom. The number of nitrogens with one attached hydrogen (secondary N) is 3. The first-order valence-electron chi connectivity index (χ1n) is 7.64. The molecule has 0 aliphatic heterocycles. The first-order chi connectivity index (χ1) is 12.4. The molecule has 9 heteroatoms. The van der Waals surface area contributed by atoms with Gasteiger partial charge in [0.15, 0.2) is 5.13 Å². The Balaban J connectivity index is 1.59. The first kappa shape index (κ1) is 16.6. The van der Waals surface area contributed by atoms with Crippen LogP contribution in [0.5, 0.6) is 0 Å². The lowest BCUT2D eigenvalue weighted by atomic mass is 10.2. The molecule has 1 amide bonds. The number of sulfonamides is 1. The summed E-state index contributed by atoms with van der Waals surface area (Å²) in [4.78, 5) is 19.8. The maximum absolute atomic E-state index is 12.5. The van der Waals surface area contributed by atoms with Crippen LogP contribution in [0, 0.1) is 0 Å². The molecule has 3 N–H and O–H groups in total. The van der Waals surface area contributed by atoms with Gasteiger partial charge in [0.2, 0.25) is 10.0 Å². The lowest BCUT2D eigenvalue weighted by Crippen LogP contribution is -2.11. The summed E-state index contributed by atoms with van der Waals surface area (Å²) in [5.41, 5.74) is 2.73. The predicted octanol–water partition coefficient (Wildman–Crippen LogP) is 3.40. The Morgan fingerprint density at radius 2 is 2.00 bits per heavy atom. The molecular weight excluding hydrogens is 372 g/mol. The van der Waals surface area contributed by atoms with Crippen molar-refractivity contribution in [3.05, 3.63) is 54.2 Å². The molecule has 132 valence electrons. The van der Waals surface area contributed by atoms with Crippen LogP contribution in [0.3, 0.4) is 0 Å². The van der Waals surface area contributed by atoms with E-state index in [0.717, 1.165) is 21.9 Å². The number of amides is 1. The molecule has 0 aliphatic rings. The van der Waals surface area contributed by atoms with Gasteiger partial charge in [-0.25, -0.2) is 13.4 Å². The van der Waals surface area contributed by atoms with Crippen LogP contribution in [0.2, 0.25) is 0 Å². The standard InChI is InChI=1S/C17H14N4O3S2/c1-26(23,24)21-17-20-13-5-3-11(8-15(13)25-17)16(22)19-12-4-2-10-6-7-18-14(10)9-12/h2-9,18H,1H3,(H,19,22)(H,20,21). The Bertz CT molecular complexity index is 1240. The number of anilines is 2. The third-order valence-electron chi connectivity index (χ3n) is 3.74. The molecule has 4 aromatic rings. The minimum atomic E-state index is -3.39. The number of fused-ring (bicyclic) bond motifs is 2. The zero-order chi connectivity index (χ0) is 18.3. The van der Waals surface area contributed by atoms with Gasteiger partial charge in [0.1, 0.15) is 0 Å². The maximum Gasteiger partial charge on any atom is 0.255 e. The fourth-order valence-electron chi connectivity index (χ4n) is 2.60. The van der Waals surface area contributed by atoms with Crippen molar-refractivity contribution in [3.63, 3.8) is 0 Å². The van der Waals surface area contributed by atoms with Crippen LogP contribution in [0.25, 0.3) is 21.1 Å². The van der Waals surface area contributed by atoms with E-state index in [0.29, 0.717) is 16.8 Å². The van der Waals surface area contributed by atoms with Gasteiger partial charge in [0, 0.05) is 23.0 Å². The molecule has 0 saturated heterocycles. The third-order valence-corrected chi connectivity index (χ3v) is 5.36. The number of aromatic amines is 1. The number of carbonyl (C=O) groups excluding carboxylic acids is 1. The second-order valence-electron chi connectivity index (χ2n) is 5.81. The lowest BCUT2D eigenvalue weighted by molar-refractivity contribution is 0.102. The molecule has 4 rings (SSSR count). The van der Waals surface area contributed by atoms with Gasteiger partial charge in [-0.3, -0.25) is 9.52 Å². The molecule has 0 radical (unpaired) electrons. The Hall–Kier alpha value is -2.91. The lowest BCUT2D eigenvalue weighted by Gasteiger charge is -2.05. The normalized spacial score (nSPS) is 11.7. The number of rotatable bonds is 4. The van der Waals surface area contributed by atoms with Crippen LogP contribution in [0.4, 0.5) is 10.8 Å². The quantitative estimate of drug-likeness (QED) is 0.500. The molecule has 0 spiro atoms. The highest BCUT2D eigenvalue weighted by atomic mass is 32.2. The second kappa shape index (κ2) is 6.11. The van der Waals surface area contributed by atoms with Crippen molar-refractivity contribution >= 4 is 59.2 Å². The van der Waals surface area contributed by atoms with Crippen LogP contribution in [-0.4, -0.2) is 30.5 Å². The molecule has 0 atom stereocenters. The molecule has 0 bridgehead atoms. The smallest absolute Gasteiger partial charge is 0.255 e. The van der Waals surface area contributed by atoms with E-state index in [-0.39, 0.29) is 11.0 Å². The average molecular weight is 386 g/mol. The van der Waals surface area contributed by atoms with Gasteiger partial charge >= 0.3 is 0 Å². The molecule has 2 aromatic carbocycles. The topological polar surface area (TPSA) is 104 Å². The highest BCUT2D eigenvalue weighted by Crippen LogP contribution is 2.27. The van der Waals surface area contributed by atoms with Crippen molar-refractivity contribution in [1.82, 2.24) is 9.97 Å². The third kappa shape index (κ3) is 3.39. The highest BCUT2D eigenvalue weighted by molar-refractivity contribution is 7.92. The molecule has 7 nitrogen and oxygen atoms in total. The van der Waals surface area contributed by atoms with Crippen LogP contribution in [-0.2, 0) is 10.0 Å². The van der Waals surface area contributed by atoms with Crippen molar-refractivity contribution in [2.45, 2.75) is 0 Å². The van der Waals surface area contributed by atoms with Crippen LogP contribution < -0.4 is 10.0 Å². The van der Waals surface area contributed by atoms with E-state index in [1.165, 1.54) is 11.3 Å². The van der Waals surface area contributed by atoms with E-state index in [9.17, 15) is 13.2 Å². The Morgan fingerprint density at radius 3 is 2.81 bits per heavy atom. The van der Waals surface area contributed by atoms with E-state index in [2.05, 4.69) is 20.0 Å². The van der Waals surface area contributed by atoms with E-state index in [4.69, 9.17) is 0 Å². The van der Waals surface area contributed by atoms with Gasteiger partial charge in [-0.15, -0.1) is 0 Å². The molecule has 0 unspecified atom stereocenters. The minimum absolute atomic E-state index is 0.246. The summed E-state index contributed by atoms with van der Waals surface area (Å²) in [7, 11) is -3.39. The fraction of sp³-hybridized carbons (Fsp3) is 0.0588. The zero-order valence-electron chi connectivity index (χ0n) is 13.6. The summed E-state index contributed by atoms with van der Waals surface area (Å²) < 4.78 is 25.7. The second-order valence-corrected chi connectivity index (χ2v) is 8.59. The number of hydrogen-bond donors (Lipinski definition) is 3. The number of nitrogens with zero attached hydrogens (tertiary/aromatic N) is 1. The fourth-order valence-corrected chi connectivity index (χ4v) is 4.34. The van der Waals surface area contributed by atoms with Crippen molar-refractivity contribution in [1.29, 1.82) is 0 Å². The molecule has 0 fully saturated rings. The number of carbonyl (C=O) groups is 1. The van der Waals surface area contributed by atoms with Gasteiger partial charge < -0.3 is 10.3 Å². The highest BCUT2D eigenvalue weighted by Gasteiger charge is 2.12. The van der Waals surface area contributed by atoms with Gasteiger partial charge in [0.05, 0.1) is 16.5 Å². The summed E-state index contributed by atoms with van der Waals surface area (Å²) in [6.45, 7) is 0. The van der Waals surface area contributed by atoms with Gasteiger partial charge in [0.25, 0.3) is 5.91 Å². The van der Waals surface area contributed by atoms with Gasteiger partial charge in [-0.05, 0) is 41.8 Å². The van der Waals surface area contributed by atoms with Crippen LogP contribution in [0.15, 0.2) is 48.7 Å². The van der Waals surface area contributed by atoms with Crippen LogP contribution in [0.1, 0.15) is 10.4 Å². The number of hydrogen-bond acceptors (Lipinski definition) is 5. The summed E-state index contributed by atoms with van der Waals surface area (Å²) >= 11 is 1.18. The Labute approximate surface area is 153 Å². The molecular formula is C17H14N4O3S2. The number of benzene rings is 2. The molecule has 0 aliphatic carbocycles. The largest absolute Gasteiger partial charge is 0.361 e. The van der Waals surface area contributed by atoms with Crippen LogP contribution >= 0.6 is 11.3 Å². The average Bonchev–Trinajstić information content (AvgIpc) is 3.17. The van der Waals surface area contributed by atoms with Gasteiger partial charge in [-0.2, -0.15) is 0 Å². The monoisotopic (exact) mass is 386 g/mol. The van der Waals surface area contributed by atoms with Crippen molar-refractivity contribution in [3.8, 4) is 0 Å². The molecule has 2 aromatic heterocycles. The van der Waals surface area contributed by atoms with Crippen molar-refractivity contribution in [2.24, 2.45) is 0 Å². The molecule has 2 heterocycles. The van der Waals surface area contributed by atoms with Crippen molar-refractivity contribution in [2.75, 3.05) is 16.3 Å².